The van der Waals surface area contributed by atoms with Crippen LogP contribution in [-0.2, 0) is 4.74 Å². The maximum absolute atomic E-state index is 12.1. The first-order valence-electron chi connectivity index (χ1n) is 7.61. The Morgan fingerprint density at radius 1 is 1.16 bits per heavy atom. The van der Waals surface area contributed by atoms with E-state index < -0.39 is 23.3 Å². The van der Waals surface area contributed by atoms with Crippen molar-refractivity contribution in [2.45, 2.75) is 13.8 Å². The lowest BCUT2D eigenvalue weighted by Gasteiger charge is -2.09. The van der Waals surface area contributed by atoms with Gasteiger partial charge in [0.15, 0.2) is 6.61 Å². The van der Waals surface area contributed by atoms with Gasteiger partial charge in [-0.05, 0) is 26.0 Å². The van der Waals surface area contributed by atoms with Crippen molar-refractivity contribution in [3.63, 3.8) is 0 Å². The first kappa shape index (κ1) is 18.1. The number of hydrogen-bond acceptors (Lipinski definition) is 6. The number of nitro groups is 1. The van der Waals surface area contributed by atoms with Crippen LogP contribution in [0.15, 0.2) is 42.5 Å². The van der Waals surface area contributed by atoms with Gasteiger partial charge in [0.1, 0.15) is 11.3 Å². The molecule has 0 atom stereocenters. The molecule has 25 heavy (non-hydrogen) atoms. The summed E-state index contributed by atoms with van der Waals surface area (Å²) in [6.45, 7) is 3.24. The van der Waals surface area contributed by atoms with Crippen molar-refractivity contribution in [1.82, 2.24) is 0 Å². The van der Waals surface area contributed by atoms with Crippen LogP contribution in [-0.4, -0.2) is 29.9 Å². The zero-order valence-corrected chi connectivity index (χ0v) is 13.9. The first-order chi connectivity index (χ1) is 11.9. The Morgan fingerprint density at radius 2 is 1.88 bits per heavy atom. The predicted octanol–water partition coefficient (Wildman–Crippen LogP) is 3.34. The van der Waals surface area contributed by atoms with Crippen molar-refractivity contribution in [2.24, 2.45) is 0 Å². The highest BCUT2D eigenvalue weighted by Crippen LogP contribution is 2.21. The highest BCUT2D eigenvalue weighted by Gasteiger charge is 2.18. The lowest BCUT2D eigenvalue weighted by Crippen LogP contribution is -2.15. The van der Waals surface area contributed by atoms with Gasteiger partial charge >= 0.3 is 5.97 Å². The van der Waals surface area contributed by atoms with E-state index in [2.05, 4.69) is 0 Å². The van der Waals surface area contributed by atoms with Gasteiger partial charge in [-0.15, -0.1) is 0 Å². The normalized spacial score (nSPS) is 10.2. The van der Waals surface area contributed by atoms with Gasteiger partial charge in [0, 0.05) is 17.2 Å². The Bertz CT molecular complexity index is 815. The molecular formula is C18H17NO6. The molecular weight excluding hydrogens is 326 g/mol. The van der Waals surface area contributed by atoms with E-state index in [1.165, 1.54) is 24.3 Å². The number of rotatable bonds is 7. The van der Waals surface area contributed by atoms with Crippen LogP contribution in [0.3, 0.4) is 0 Å². The molecule has 0 heterocycles. The van der Waals surface area contributed by atoms with Crippen LogP contribution >= 0.6 is 0 Å². The minimum Gasteiger partial charge on any atom is -0.493 e. The zero-order chi connectivity index (χ0) is 18.4. The summed E-state index contributed by atoms with van der Waals surface area (Å²) in [5, 5.41) is 10.9. The van der Waals surface area contributed by atoms with Crippen LogP contribution in [0.1, 0.15) is 33.2 Å². The van der Waals surface area contributed by atoms with Crippen molar-refractivity contribution in [3.05, 3.63) is 69.3 Å². The first-order valence-corrected chi connectivity index (χ1v) is 7.61. The van der Waals surface area contributed by atoms with Crippen molar-refractivity contribution >= 4 is 17.4 Å². The molecule has 0 saturated carbocycles. The average molecular weight is 343 g/mol. The summed E-state index contributed by atoms with van der Waals surface area (Å²) < 4.78 is 10.4. The molecule has 0 radical (unpaired) electrons. The SMILES string of the molecule is CCOc1ccccc1C(=O)OCC(=O)c1ccc(C)c([N+](=O)[O-])c1. The lowest BCUT2D eigenvalue weighted by atomic mass is 10.1. The number of hydrogen-bond donors (Lipinski definition) is 0. The van der Waals surface area contributed by atoms with Gasteiger partial charge < -0.3 is 9.47 Å². The van der Waals surface area contributed by atoms with Gasteiger partial charge in [0.2, 0.25) is 5.78 Å². The van der Waals surface area contributed by atoms with Crippen molar-refractivity contribution in [1.29, 1.82) is 0 Å². The maximum atomic E-state index is 12.1. The summed E-state index contributed by atoms with van der Waals surface area (Å²) in [6.07, 6.45) is 0. The van der Waals surface area contributed by atoms with Gasteiger partial charge in [0.25, 0.3) is 5.69 Å². The fourth-order valence-electron chi connectivity index (χ4n) is 2.19. The molecule has 0 N–H and O–H groups in total. The molecule has 0 spiro atoms. The standard InChI is InChI=1S/C18H17NO6/c1-3-24-17-7-5-4-6-14(17)18(21)25-11-16(20)13-9-8-12(2)15(10-13)19(22)23/h4-10H,3,11H2,1-2H3. The number of esters is 1. The number of nitrogens with zero attached hydrogens (tertiary/aromatic N) is 1. The van der Waals surface area contributed by atoms with Crippen LogP contribution in [0, 0.1) is 17.0 Å². The molecule has 0 aromatic heterocycles. The van der Waals surface area contributed by atoms with Gasteiger partial charge in [-0.25, -0.2) is 4.79 Å². The molecule has 0 saturated heterocycles. The minimum atomic E-state index is -0.695. The summed E-state index contributed by atoms with van der Waals surface area (Å²) in [6, 6.07) is 10.7. The van der Waals surface area contributed by atoms with Crippen LogP contribution in [0.2, 0.25) is 0 Å². The molecule has 0 unspecified atom stereocenters. The Morgan fingerprint density at radius 3 is 2.56 bits per heavy atom. The molecule has 7 nitrogen and oxygen atoms in total. The van der Waals surface area contributed by atoms with Gasteiger partial charge in [-0.2, -0.15) is 0 Å². The number of Topliss-reactive ketones (excluding diaryl/α,β-unsaturated/α-hetero) is 1. The number of carbonyl (C=O) groups excluding carboxylic acids is 2. The van der Waals surface area contributed by atoms with E-state index >= 15 is 0 Å². The third-order valence-corrected chi connectivity index (χ3v) is 3.47. The summed E-state index contributed by atoms with van der Waals surface area (Å²) in [7, 11) is 0. The van der Waals surface area contributed by atoms with E-state index in [4.69, 9.17) is 9.47 Å². The van der Waals surface area contributed by atoms with Crippen LogP contribution in [0.25, 0.3) is 0 Å². The van der Waals surface area contributed by atoms with E-state index in [1.54, 1.807) is 32.0 Å². The molecule has 0 bridgehead atoms. The topological polar surface area (TPSA) is 95.7 Å². The second-order valence-corrected chi connectivity index (χ2v) is 5.19. The van der Waals surface area contributed by atoms with Crippen LogP contribution < -0.4 is 4.74 Å². The molecule has 2 aromatic rings. The Kier molecular flexibility index (Phi) is 5.84. The molecule has 0 aliphatic carbocycles. The van der Waals surface area contributed by atoms with Gasteiger partial charge in [0.05, 0.1) is 11.5 Å². The third kappa shape index (κ3) is 4.41. The molecule has 0 aliphatic heterocycles. The number of ketones is 1. The van der Waals surface area contributed by atoms with E-state index in [1.807, 2.05) is 0 Å². The second kappa shape index (κ2) is 8.05. The number of nitro benzene ring substituents is 1. The number of ether oxygens (including phenoxy) is 2. The summed E-state index contributed by atoms with van der Waals surface area (Å²) in [5.41, 5.74) is 0.623. The van der Waals surface area contributed by atoms with E-state index in [-0.39, 0.29) is 16.8 Å². The number of para-hydroxylation sites is 1. The average Bonchev–Trinajstić information content (AvgIpc) is 2.60. The van der Waals surface area contributed by atoms with E-state index in [9.17, 15) is 19.7 Å². The van der Waals surface area contributed by atoms with Crippen LogP contribution in [0.5, 0.6) is 5.75 Å². The Labute approximate surface area is 144 Å². The van der Waals surface area contributed by atoms with E-state index in [0.717, 1.165) is 0 Å². The fraction of sp³-hybridized carbons (Fsp3) is 0.222. The molecule has 0 fully saturated rings. The summed E-state index contributed by atoms with van der Waals surface area (Å²) >= 11 is 0. The predicted molar refractivity (Wildman–Crippen MR) is 90.1 cm³/mol. The van der Waals surface area contributed by atoms with Crippen molar-refractivity contribution < 1.29 is 24.0 Å². The molecule has 130 valence electrons. The smallest absolute Gasteiger partial charge is 0.342 e. The number of aryl methyl sites for hydroxylation is 1. The quantitative estimate of drug-likeness (QED) is 0.331. The lowest BCUT2D eigenvalue weighted by molar-refractivity contribution is -0.385. The van der Waals surface area contributed by atoms with Gasteiger partial charge in [-0.1, -0.05) is 24.3 Å². The monoisotopic (exact) mass is 343 g/mol. The Hall–Kier alpha value is -3.22. The number of benzene rings is 2. The molecule has 0 aliphatic rings. The highest BCUT2D eigenvalue weighted by molar-refractivity contribution is 6.00. The third-order valence-electron chi connectivity index (χ3n) is 3.47. The van der Waals surface area contributed by atoms with Crippen molar-refractivity contribution in [3.8, 4) is 5.75 Å². The highest BCUT2D eigenvalue weighted by atomic mass is 16.6. The molecule has 0 amide bonds. The van der Waals surface area contributed by atoms with Gasteiger partial charge in [-0.3, -0.25) is 14.9 Å². The minimum absolute atomic E-state index is 0.114. The van der Waals surface area contributed by atoms with Crippen LogP contribution in [0.4, 0.5) is 5.69 Å². The second-order valence-electron chi connectivity index (χ2n) is 5.19. The maximum Gasteiger partial charge on any atom is 0.342 e. The van der Waals surface area contributed by atoms with E-state index in [0.29, 0.717) is 17.9 Å². The molecule has 2 rings (SSSR count). The summed E-state index contributed by atoms with van der Waals surface area (Å²) in [5.74, 6) is -0.849. The Balaban J connectivity index is 2.09. The zero-order valence-electron chi connectivity index (χ0n) is 13.9. The largest absolute Gasteiger partial charge is 0.493 e. The van der Waals surface area contributed by atoms with Crippen molar-refractivity contribution in [2.75, 3.05) is 13.2 Å². The molecule has 7 heteroatoms. The fourth-order valence-corrected chi connectivity index (χ4v) is 2.19. The summed E-state index contributed by atoms with van der Waals surface area (Å²) in [4.78, 5) is 34.7. The molecule has 2 aromatic carbocycles. The number of carbonyl (C=O) groups is 2.